The van der Waals surface area contributed by atoms with Crippen molar-refractivity contribution in [2.75, 3.05) is 21.0 Å². The molecule has 6 nitrogen and oxygen atoms in total. The maximum absolute atomic E-state index is 11.9. The Kier molecular flexibility index (Phi) is 6.68. The molecule has 0 atom stereocenters. The van der Waals surface area contributed by atoms with Gasteiger partial charge in [0.15, 0.2) is 18.3 Å². The van der Waals surface area contributed by atoms with Crippen LogP contribution in [0.15, 0.2) is 60.7 Å². The van der Waals surface area contributed by atoms with E-state index in [4.69, 9.17) is 19.5 Å². The molecule has 0 aliphatic rings. The highest BCUT2D eigenvalue weighted by atomic mass is 16.7. The number of nitriles is 1. The van der Waals surface area contributed by atoms with E-state index in [0.717, 1.165) is 22.6 Å². The molecule has 152 valence electrons. The summed E-state index contributed by atoms with van der Waals surface area (Å²) in [6.45, 7) is 0.00427. The fourth-order valence-electron chi connectivity index (χ4n) is 3.41. The number of allylic oxidation sites excluding steroid dienone is 1. The van der Waals surface area contributed by atoms with Gasteiger partial charge in [0, 0.05) is 24.1 Å². The van der Waals surface area contributed by atoms with Crippen molar-refractivity contribution in [2.45, 2.75) is 6.42 Å². The van der Waals surface area contributed by atoms with E-state index in [9.17, 15) is 9.90 Å². The summed E-state index contributed by atoms with van der Waals surface area (Å²) in [7, 11) is 3.00. The number of ether oxygens (including phenoxy) is 3. The summed E-state index contributed by atoms with van der Waals surface area (Å²) in [6.07, 6.45) is 1.63. The average molecular weight is 403 g/mol. The first kappa shape index (κ1) is 20.9. The number of carboxylic acid groups (broad SMARTS) is 1. The number of methoxy groups -OCH3 is 2. The molecule has 0 radical (unpaired) electrons. The van der Waals surface area contributed by atoms with Crippen LogP contribution < -0.4 is 9.47 Å². The second-order valence-corrected chi connectivity index (χ2v) is 6.50. The molecule has 0 fully saturated rings. The third kappa shape index (κ3) is 4.27. The number of carbonyl (C=O) groups is 1. The molecule has 3 aromatic rings. The molecule has 6 heteroatoms. The quantitative estimate of drug-likeness (QED) is 0.340. The van der Waals surface area contributed by atoms with Crippen LogP contribution in [0.1, 0.15) is 16.7 Å². The average Bonchev–Trinajstić information content (AvgIpc) is 2.76. The van der Waals surface area contributed by atoms with Gasteiger partial charge in [0.1, 0.15) is 0 Å². The highest BCUT2D eigenvalue weighted by Gasteiger charge is 2.22. The highest BCUT2D eigenvalue weighted by molar-refractivity contribution is 6.20. The van der Waals surface area contributed by atoms with Crippen LogP contribution in [0.2, 0.25) is 0 Å². The SMILES string of the molecule is COCOc1c(OC)cc(C(=CC#N)C(=O)O)c2cccc(Cc3ccccc3)c12. The second-order valence-electron chi connectivity index (χ2n) is 6.50. The number of hydrogen-bond acceptors (Lipinski definition) is 5. The maximum Gasteiger partial charge on any atom is 0.337 e. The van der Waals surface area contributed by atoms with E-state index in [2.05, 4.69) is 0 Å². The normalized spacial score (nSPS) is 11.2. The lowest BCUT2D eigenvalue weighted by Crippen LogP contribution is -2.06. The molecule has 0 amide bonds. The molecular weight excluding hydrogens is 382 g/mol. The minimum absolute atomic E-state index is 0.00427. The van der Waals surface area contributed by atoms with Crippen molar-refractivity contribution in [2.24, 2.45) is 0 Å². The van der Waals surface area contributed by atoms with Gasteiger partial charge in [-0.25, -0.2) is 4.79 Å². The number of hydrogen-bond donors (Lipinski definition) is 1. The Morgan fingerprint density at radius 2 is 1.90 bits per heavy atom. The fourth-order valence-corrected chi connectivity index (χ4v) is 3.41. The summed E-state index contributed by atoms with van der Waals surface area (Å²) in [4.78, 5) is 11.9. The second kappa shape index (κ2) is 9.59. The Labute approximate surface area is 174 Å². The maximum atomic E-state index is 11.9. The molecule has 0 saturated heterocycles. The molecule has 0 unspecified atom stereocenters. The van der Waals surface area contributed by atoms with Gasteiger partial charge in [-0.2, -0.15) is 5.26 Å². The Balaban J connectivity index is 2.35. The number of fused-ring (bicyclic) bond motifs is 1. The van der Waals surface area contributed by atoms with Gasteiger partial charge < -0.3 is 19.3 Å². The Morgan fingerprint density at radius 1 is 1.13 bits per heavy atom. The van der Waals surface area contributed by atoms with Crippen LogP contribution in [0.3, 0.4) is 0 Å². The van der Waals surface area contributed by atoms with Gasteiger partial charge >= 0.3 is 5.97 Å². The van der Waals surface area contributed by atoms with Crippen molar-refractivity contribution in [3.8, 4) is 17.6 Å². The number of aliphatic carboxylic acids is 1. The summed E-state index contributed by atoms with van der Waals surface area (Å²) >= 11 is 0. The smallest absolute Gasteiger partial charge is 0.337 e. The third-order valence-corrected chi connectivity index (χ3v) is 4.68. The van der Waals surface area contributed by atoms with Crippen LogP contribution in [0.4, 0.5) is 0 Å². The van der Waals surface area contributed by atoms with Crippen LogP contribution in [-0.4, -0.2) is 32.1 Å². The number of nitrogens with zero attached hydrogens (tertiary/aromatic N) is 1. The van der Waals surface area contributed by atoms with E-state index >= 15 is 0 Å². The number of rotatable bonds is 8. The monoisotopic (exact) mass is 403 g/mol. The van der Waals surface area contributed by atoms with Gasteiger partial charge in [-0.05, 0) is 29.0 Å². The lowest BCUT2D eigenvalue weighted by Gasteiger charge is -2.19. The molecule has 0 aromatic heterocycles. The molecular formula is C24H21NO5. The van der Waals surface area contributed by atoms with Crippen LogP contribution >= 0.6 is 0 Å². The molecule has 3 rings (SSSR count). The molecule has 3 aromatic carbocycles. The highest BCUT2D eigenvalue weighted by Crippen LogP contribution is 2.42. The van der Waals surface area contributed by atoms with Crippen molar-refractivity contribution in [1.82, 2.24) is 0 Å². The molecule has 0 spiro atoms. The Morgan fingerprint density at radius 3 is 2.53 bits per heavy atom. The standard InChI is InChI=1S/C24H21NO5/c1-28-15-30-23-21(29-2)14-20(19(11-12-25)24(26)27)18-10-6-9-17(22(18)23)13-16-7-4-3-5-8-16/h3-11,14H,13,15H2,1-2H3,(H,26,27). The van der Waals surface area contributed by atoms with Crippen LogP contribution in [0, 0.1) is 11.3 Å². The molecule has 0 saturated carbocycles. The van der Waals surface area contributed by atoms with Crippen LogP contribution in [-0.2, 0) is 16.0 Å². The first-order valence-corrected chi connectivity index (χ1v) is 9.22. The minimum atomic E-state index is -1.20. The van der Waals surface area contributed by atoms with Crippen LogP contribution in [0.5, 0.6) is 11.5 Å². The van der Waals surface area contributed by atoms with Gasteiger partial charge in [-0.3, -0.25) is 0 Å². The van der Waals surface area contributed by atoms with E-state index in [-0.39, 0.29) is 12.4 Å². The lowest BCUT2D eigenvalue weighted by molar-refractivity contribution is -0.130. The van der Waals surface area contributed by atoms with Crippen LogP contribution in [0.25, 0.3) is 16.3 Å². The number of carboxylic acids is 1. The summed E-state index contributed by atoms with van der Waals surface area (Å²) in [5.74, 6) is -0.370. The van der Waals surface area contributed by atoms with Crippen molar-refractivity contribution < 1.29 is 24.1 Å². The Bertz CT molecular complexity index is 1130. The van der Waals surface area contributed by atoms with Gasteiger partial charge in [-0.15, -0.1) is 0 Å². The predicted octanol–water partition coefficient (Wildman–Crippen LogP) is 4.41. The van der Waals surface area contributed by atoms with Crippen molar-refractivity contribution in [3.05, 3.63) is 77.4 Å². The first-order valence-electron chi connectivity index (χ1n) is 9.22. The molecule has 0 bridgehead atoms. The molecule has 1 N–H and O–H groups in total. The van der Waals surface area contributed by atoms with E-state index in [1.54, 1.807) is 6.07 Å². The van der Waals surface area contributed by atoms with Gasteiger partial charge in [0.25, 0.3) is 0 Å². The van der Waals surface area contributed by atoms with E-state index in [1.807, 2.05) is 54.6 Å². The summed E-state index contributed by atoms with van der Waals surface area (Å²) in [5, 5.41) is 20.2. The van der Waals surface area contributed by atoms with E-state index < -0.39 is 5.97 Å². The zero-order valence-corrected chi connectivity index (χ0v) is 16.7. The zero-order chi connectivity index (χ0) is 21.5. The first-order chi connectivity index (χ1) is 14.6. The van der Waals surface area contributed by atoms with Crippen molar-refractivity contribution in [1.29, 1.82) is 5.26 Å². The fraction of sp³-hybridized carbons (Fsp3) is 0.167. The van der Waals surface area contributed by atoms with Gasteiger partial charge in [-0.1, -0.05) is 48.5 Å². The Hall–Kier alpha value is -3.82. The lowest BCUT2D eigenvalue weighted by atomic mass is 9.91. The van der Waals surface area contributed by atoms with E-state index in [0.29, 0.717) is 28.9 Å². The van der Waals surface area contributed by atoms with E-state index in [1.165, 1.54) is 14.2 Å². The molecule has 0 aliphatic heterocycles. The van der Waals surface area contributed by atoms with Gasteiger partial charge in [0.2, 0.25) is 0 Å². The number of benzene rings is 3. The topological polar surface area (TPSA) is 88.8 Å². The van der Waals surface area contributed by atoms with Crippen molar-refractivity contribution >= 4 is 22.3 Å². The predicted molar refractivity (Wildman–Crippen MR) is 113 cm³/mol. The molecule has 0 aliphatic carbocycles. The largest absolute Gasteiger partial charge is 0.493 e. The summed E-state index contributed by atoms with van der Waals surface area (Å²) in [6, 6.07) is 19.0. The zero-order valence-electron chi connectivity index (χ0n) is 16.7. The molecule has 30 heavy (non-hydrogen) atoms. The van der Waals surface area contributed by atoms with Crippen molar-refractivity contribution in [3.63, 3.8) is 0 Å². The summed E-state index contributed by atoms with van der Waals surface area (Å²) < 4.78 is 16.4. The molecule has 0 heterocycles. The third-order valence-electron chi connectivity index (χ3n) is 4.68. The minimum Gasteiger partial charge on any atom is -0.493 e. The summed E-state index contributed by atoms with van der Waals surface area (Å²) in [5.41, 5.74) is 2.30. The van der Waals surface area contributed by atoms with Gasteiger partial charge in [0.05, 0.1) is 18.8 Å².